The summed E-state index contributed by atoms with van der Waals surface area (Å²) in [6, 6.07) is 11.0. The Morgan fingerprint density at radius 3 is 2.62 bits per heavy atom. The van der Waals surface area contributed by atoms with Gasteiger partial charge in [-0.15, -0.1) is 0 Å². The number of hydrogen-bond donors (Lipinski definition) is 2. The summed E-state index contributed by atoms with van der Waals surface area (Å²) in [5.41, 5.74) is 2.46. The molecule has 2 amide bonds. The molecule has 0 saturated heterocycles. The molecule has 0 aliphatic heterocycles. The molecule has 0 unspecified atom stereocenters. The van der Waals surface area contributed by atoms with Crippen LogP contribution >= 0.6 is 11.6 Å². The van der Waals surface area contributed by atoms with Crippen LogP contribution < -0.4 is 20.1 Å². The summed E-state index contributed by atoms with van der Waals surface area (Å²) in [5, 5.41) is 5.75. The van der Waals surface area contributed by atoms with E-state index in [0.29, 0.717) is 28.7 Å². The molecule has 2 N–H and O–H groups in total. The van der Waals surface area contributed by atoms with E-state index in [9.17, 15) is 9.59 Å². The number of aryl methyl sites for hydroxylation is 1. The molecule has 0 aliphatic carbocycles. The third-order valence-corrected chi connectivity index (χ3v) is 4.34. The molecule has 7 heteroatoms. The fourth-order valence-electron chi connectivity index (χ4n) is 2.66. The van der Waals surface area contributed by atoms with Crippen molar-refractivity contribution in [2.24, 2.45) is 0 Å². The molecular formula is C22H25ClN2O4. The highest BCUT2D eigenvalue weighted by Gasteiger charge is 2.11. The zero-order valence-electron chi connectivity index (χ0n) is 16.8. The number of halogens is 1. The molecule has 2 aromatic carbocycles. The van der Waals surface area contributed by atoms with E-state index in [2.05, 4.69) is 10.6 Å². The highest BCUT2D eigenvalue weighted by atomic mass is 35.5. The third-order valence-electron chi connectivity index (χ3n) is 4.06. The lowest BCUT2D eigenvalue weighted by molar-refractivity contribution is -0.121. The standard InChI is InChI=1S/C22H25ClN2O4/c1-4-16-8-6-7-9-18(16)25-21(27)14-24-20(26)11-10-15-12-17(23)22(29-5-2)19(13-15)28-3/h6-13H,4-5,14H2,1-3H3,(H,24,26)(H,25,27)/b11-10+. The van der Waals surface area contributed by atoms with E-state index in [1.807, 2.05) is 38.1 Å². The van der Waals surface area contributed by atoms with E-state index in [0.717, 1.165) is 17.7 Å². The Labute approximate surface area is 175 Å². The lowest BCUT2D eigenvalue weighted by atomic mass is 10.1. The number of hydrogen-bond acceptors (Lipinski definition) is 4. The average molecular weight is 417 g/mol. The second kappa shape index (κ2) is 11.1. The Morgan fingerprint density at radius 2 is 1.93 bits per heavy atom. The first-order chi connectivity index (χ1) is 14.0. The molecule has 2 rings (SSSR count). The van der Waals surface area contributed by atoms with Crippen LogP contribution in [-0.4, -0.2) is 32.1 Å². The van der Waals surface area contributed by atoms with Crippen LogP contribution in [0.4, 0.5) is 5.69 Å². The maximum absolute atomic E-state index is 12.1. The van der Waals surface area contributed by atoms with Crippen molar-refractivity contribution >= 4 is 35.2 Å². The van der Waals surface area contributed by atoms with Crippen LogP contribution in [-0.2, 0) is 16.0 Å². The largest absolute Gasteiger partial charge is 0.493 e. The minimum Gasteiger partial charge on any atom is -0.493 e. The van der Waals surface area contributed by atoms with Crippen molar-refractivity contribution in [3.05, 3.63) is 58.6 Å². The predicted octanol–water partition coefficient (Wildman–Crippen LogP) is 4.08. The Hall–Kier alpha value is -2.99. The van der Waals surface area contributed by atoms with E-state index >= 15 is 0 Å². The zero-order valence-corrected chi connectivity index (χ0v) is 17.5. The van der Waals surface area contributed by atoms with E-state index in [4.69, 9.17) is 21.1 Å². The number of rotatable bonds is 9. The molecule has 2 aromatic rings. The first kappa shape index (κ1) is 22.3. The highest BCUT2D eigenvalue weighted by Crippen LogP contribution is 2.36. The normalized spacial score (nSPS) is 10.6. The van der Waals surface area contributed by atoms with Crippen LogP contribution in [0.2, 0.25) is 5.02 Å². The molecule has 0 aliphatic rings. The van der Waals surface area contributed by atoms with Crippen molar-refractivity contribution in [2.75, 3.05) is 25.6 Å². The summed E-state index contributed by atoms with van der Waals surface area (Å²) < 4.78 is 10.7. The first-order valence-corrected chi connectivity index (χ1v) is 9.70. The topological polar surface area (TPSA) is 76.7 Å². The number of anilines is 1. The first-order valence-electron chi connectivity index (χ1n) is 9.32. The summed E-state index contributed by atoms with van der Waals surface area (Å²) >= 11 is 6.22. The number of para-hydroxylation sites is 1. The van der Waals surface area contributed by atoms with Crippen LogP contribution in [0.1, 0.15) is 25.0 Å². The Kier molecular flexibility index (Phi) is 8.55. The maximum atomic E-state index is 12.1. The maximum Gasteiger partial charge on any atom is 0.244 e. The van der Waals surface area contributed by atoms with Gasteiger partial charge in [-0.05, 0) is 48.7 Å². The second-order valence-corrected chi connectivity index (χ2v) is 6.48. The van der Waals surface area contributed by atoms with E-state index in [1.165, 1.54) is 13.2 Å². The molecule has 0 heterocycles. The zero-order chi connectivity index (χ0) is 21.2. The number of nitrogens with one attached hydrogen (secondary N) is 2. The molecular weight excluding hydrogens is 392 g/mol. The SMILES string of the molecule is CCOc1c(Cl)cc(/C=C/C(=O)NCC(=O)Nc2ccccc2CC)cc1OC. The average Bonchev–Trinajstić information content (AvgIpc) is 2.72. The second-order valence-electron chi connectivity index (χ2n) is 6.08. The molecule has 29 heavy (non-hydrogen) atoms. The van der Waals surface area contributed by atoms with Crippen LogP contribution in [0.3, 0.4) is 0 Å². The summed E-state index contributed by atoms with van der Waals surface area (Å²) in [6.07, 6.45) is 3.72. The minimum atomic E-state index is -0.395. The molecule has 0 saturated carbocycles. The number of carbonyl (C=O) groups excluding carboxylic acids is 2. The molecule has 0 bridgehead atoms. The van der Waals surface area contributed by atoms with E-state index in [-0.39, 0.29) is 12.5 Å². The lowest BCUT2D eigenvalue weighted by Crippen LogP contribution is -2.31. The number of amides is 2. The van der Waals surface area contributed by atoms with Gasteiger partial charge in [0.05, 0.1) is 25.3 Å². The summed E-state index contributed by atoms with van der Waals surface area (Å²) in [4.78, 5) is 24.1. The fourth-order valence-corrected chi connectivity index (χ4v) is 2.94. The van der Waals surface area contributed by atoms with Gasteiger partial charge < -0.3 is 20.1 Å². The van der Waals surface area contributed by atoms with Crippen LogP contribution in [0.5, 0.6) is 11.5 Å². The van der Waals surface area contributed by atoms with Gasteiger partial charge in [0.1, 0.15) is 0 Å². The van der Waals surface area contributed by atoms with Crippen molar-refractivity contribution in [3.8, 4) is 11.5 Å². The number of ether oxygens (including phenoxy) is 2. The lowest BCUT2D eigenvalue weighted by Gasteiger charge is -2.12. The molecule has 0 fully saturated rings. The van der Waals surface area contributed by atoms with Crippen molar-refractivity contribution < 1.29 is 19.1 Å². The Bertz CT molecular complexity index is 896. The third kappa shape index (κ3) is 6.54. The van der Waals surface area contributed by atoms with Crippen molar-refractivity contribution in [1.29, 1.82) is 0 Å². The van der Waals surface area contributed by atoms with Gasteiger partial charge in [-0.2, -0.15) is 0 Å². The van der Waals surface area contributed by atoms with Gasteiger partial charge in [-0.1, -0.05) is 36.7 Å². The smallest absolute Gasteiger partial charge is 0.244 e. The van der Waals surface area contributed by atoms with Crippen molar-refractivity contribution in [2.45, 2.75) is 20.3 Å². The van der Waals surface area contributed by atoms with Gasteiger partial charge >= 0.3 is 0 Å². The van der Waals surface area contributed by atoms with Crippen molar-refractivity contribution in [3.63, 3.8) is 0 Å². The van der Waals surface area contributed by atoms with Gasteiger partial charge in [-0.25, -0.2) is 0 Å². The van der Waals surface area contributed by atoms with Gasteiger partial charge in [0, 0.05) is 11.8 Å². The summed E-state index contributed by atoms with van der Waals surface area (Å²) in [6.45, 7) is 4.19. The molecule has 0 atom stereocenters. The number of benzene rings is 2. The van der Waals surface area contributed by atoms with Crippen LogP contribution in [0, 0.1) is 0 Å². The summed E-state index contributed by atoms with van der Waals surface area (Å²) in [5.74, 6) is 0.252. The highest BCUT2D eigenvalue weighted by molar-refractivity contribution is 6.32. The molecule has 6 nitrogen and oxygen atoms in total. The monoisotopic (exact) mass is 416 g/mol. The van der Waals surface area contributed by atoms with Gasteiger partial charge in [0.25, 0.3) is 0 Å². The fraction of sp³-hybridized carbons (Fsp3) is 0.273. The van der Waals surface area contributed by atoms with Crippen molar-refractivity contribution in [1.82, 2.24) is 5.32 Å². The Morgan fingerprint density at radius 1 is 1.17 bits per heavy atom. The van der Waals surface area contributed by atoms with Gasteiger partial charge in [-0.3, -0.25) is 9.59 Å². The predicted molar refractivity (Wildman–Crippen MR) is 116 cm³/mol. The quantitative estimate of drug-likeness (QED) is 0.604. The Balaban J connectivity index is 1.94. The molecule has 0 aromatic heterocycles. The van der Waals surface area contributed by atoms with Crippen LogP contribution in [0.15, 0.2) is 42.5 Å². The number of carbonyl (C=O) groups is 2. The molecule has 154 valence electrons. The molecule has 0 radical (unpaired) electrons. The van der Waals surface area contributed by atoms with E-state index in [1.54, 1.807) is 18.2 Å². The number of methoxy groups -OCH3 is 1. The summed E-state index contributed by atoms with van der Waals surface area (Å²) in [7, 11) is 1.52. The van der Waals surface area contributed by atoms with Gasteiger partial charge in [0.2, 0.25) is 11.8 Å². The van der Waals surface area contributed by atoms with Gasteiger partial charge in [0.15, 0.2) is 11.5 Å². The van der Waals surface area contributed by atoms with E-state index < -0.39 is 5.91 Å². The minimum absolute atomic E-state index is 0.130. The van der Waals surface area contributed by atoms with Crippen LogP contribution in [0.25, 0.3) is 6.08 Å². The molecule has 0 spiro atoms.